The van der Waals surface area contributed by atoms with Crippen LogP contribution < -0.4 is 15.4 Å². The van der Waals surface area contributed by atoms with E-state index in [9.17, 15) is 8.42 Å². The number of benzene rings is 2. The van der Waals surface area contributed by atoms with Crippen molar-refractivity contribution in [2.45, 2.75) is 25.3 Å². The van der Waals surface area contributed by atoms with E-state index in [0.717, 1.165) is 33.5 Å². The van der Waals surface area contributed by atoms with Crippen molar-refractivity contribution in [1.82, 2.24) is 19.7 Å². The van der Waals surface area contributed by atoms with Gasteiger partial charge < -0.3 is 10.6 Å². The van der Waals surface area contributed by atoms with E-state index < -0.39 is 10.0 Å². The van der Waals surface area contributed by atoms with Gasteiger partial charge in [-0.1, -0.05) is 41.7 Å². The third-order valence-corrected chi connectivity index (χ3v) is 7.30. The highest BCUT2D eigenvalue weighted by molar-refractivity contribution is 7.89. The SMILES string of the molecule is CCNc1nc(C)c(-c2ccnc(Nc3ccc(S(=O)(=O)NCc4ccccc4)cc3)n2)s1. The average Bonchev–Trinajstić information content (AvgIpc) is 3.19. The van der Waals surface area contributed by atoms with E-state index in [1.54, 1.807) is 41.8 Å². The molecule has 0 atom stereocenters. The lowest BCUT2D eigenvalue weighted by atomic mass is 10.2. The number of nitrogens with one attached hydrogen (secondary N) is 3. The molecule has 0 aliphatic rings. The van der Waals surface area contributed by atoms with E-state index >= 15 is 0 Å². The van der Waals surface area contributed by atoms with Gasteiger partial charge in [0, 0.05) is 25.0 Å². The molecule has 0 aliphatic heterocycles. The standard InChI is InChI=1S/C23H24N6O2S2/c1-3-24-23-27-16(2)21(32-23)20-13-14-25-22(29-20)28-18-9-11-19(12-10-18)33(30,31)26-15-17-7-5-4-6-8-17/h4-14,26H,3,15H2,1-2H3,(H,24,27)(H,25,28,29). The molecule has 8 nitrogen and oxygen atoms in total. The average molecular weight is 481 g/mol. The molecule has 0 fully saturated rings. The maximum atomic E-state index is 12.6. The molecule has 0 bridgehead atoms. The number of nitrogens with zero attached hydrogens (tertiary/aromatic N) is 3. The van der Waals surface area contributed by atoms with Crippen LogP contribution in [0.15, 0.2) is 71.8 Å². The Morgan fingerprint density at radius 3 is 2.45 bits per heavy atom. The minimum Gasteiger partial charge on any atom is -0.362 e. The fourth-order valence-electron chi connectivity index (χ4n) is 3.11. The molecule has 4 rings (SSSR count). The van der Waals surface area contributed by atoms with Gasteiger partial charge in [-0.05, 0) is 49.7 Å². The zero-order chi connectivity index (χ0) is 23.3. The van der Waals surface area contributed by atoms with Crippen LogP contribution in [0.1, 0.15) is 18.2 Å². The lowest BCUT2D eigenvalue weighted by Crippen LogP contribution is -2.23. The van der Waals surface area contributed by atoms with E-state index in [1.165, 1.54) is 0 Å². The van der Waals surface area contributed by atoms with Crippen molar-refractivity contribution < 1.29 is 8.42 Å². The highest BCUT2D eigenvalue weighted by atomic mass is 32.2. The van der Waals surface area contributed by atoms with Gasteiger partial charge in [-0.25, -0.2) is 28.1 Å². The fourth-order valence-corrected chi connectivity index (χ4v) is 5.13. The first-order valence-corrected chi connectivity index (χ1v) is 12.7. The van der Waals surface area contributed by atoms with Crippen molar-refractivity contribution in [3.63, 3.8) is 0 Å². The molecular weight excluding hydrogens is 456 g/mol. The van der Waals surface area contributed by atoms with Crippen molar-refractivity contribution in [3.8, 4) is 10.6 Å². The van der Waals surface area contributed by atoms with Gasteiger partial charge in [0.25, 0.3) is 0 Å². The Hall–Kier alpha value is -3.34. The number of aryl methyl sites for hydroxylation is 1. The second kappa shape index (κ2) is 10.1. The summed E-state index contributed by atoms with van der Waals surface area (Å²) in [6.07, 6.45) is 1.68. The topological polar surface area (TPSA) is 109 Å². The monoisotopic (exact) mass is 480 g/mol. The molecule has 0 saturated heterocycles. The first-order chi connectivity index (χ1) is 15.9. The second-order valence-corrected chi connectivity index (χ2v) is 9.95. The Kier molecular flexibility index (Phi) is 6.97. The van der Waals surface area contributed by atoms with E-state index in [-0.39, 0.29) is 11.4 Å². The van der Waals surface area contributed by atoms with Crippen LogP contribution >= 0.6 is 11.3 Å². The molecular formula is C23H24N6O2S2. The molecule has 33 heavy (non-hydrogen) atoms. The summed E-state index contributed by atoms with van der Waals surface area (Å²) in [7, 11) is -3.62. The van der Waals surface area contributed by atoms with Gasteiger partial charge >= 0.3 is 0 Å². The molecule has 0 amide bonds. The summed E-state index contributed by atoms with van der Waals surface area (Å²) in [5, 5.41) is 7.21. The molecule has 10 heteroatoms. The molecule has 0 aliphatic carbocycles. The molecule has 0 unspecified atom stereocenters. The number of rotatable bonds is 9. The first kappa shape index (κ1) is 22.8. The molecule has 2 aromatic heterocycles. The minimum atomic E-state index is -3.62. The quantitative estimate of drug-likeness (QED) is 0.322. The number of aromatic nitrogens is 3. The number of hydrogen-bond donors (Lipinski definition) is 3. The number of hydrogen-bond acceptors (Lipinski definition) is 8. The Morgan fingerprint density at radius 2 is 1.73 bits per heavy atom. The second-order valence-electron chi connectivity index (χ2n) is 7.19. The molecule has 0 saturated carbocycles. The van der Waals surface area contributed by atoms with E-state index in [0.29, 0.717) is 11.6 Å². The van der Waals surface area contributed by atoms with Gasteiger partial charge in [-0.15, -0.1) is 0 Å². The van der Waals surface area contributed by atoms with Crippen LogP contribution in [0.25, 0.3) is 10.6 Å². The lowest BCUT2D eigenvalue weighted by molar-refractivity contribution is 0.581. The van der Waals surface area contributed by atoms with Crippen LogP contribution in [0.3, 0.4) is 0 Å². The minimum absolute atomic E-state index is 0.190. The van der Waals surface area contributed by atoms with Gasteiger partial charge in [-0.2, -0.15) is 0 Å². The normalized spacial score (nSPS) is 11.3. The lowest BCUT2D eigenvalue weighted by Gasteiger charge is -2.09. The highest BCUT2D eigenvalue weighted by Gasteiger charge is 2.14. The fraction of sp³-hybridized carbons (Fsp3) is 0.174. The summed E-state index contributed by atoms with van der Waals surface area (Å²) < 4.78 is 27.8. The smallest absolute Gasteiger partial charge is 0.240 e. The predicted molar refractivity (Wildman–Crippen MR) is 132 cm³/mol. The predicted octanol–water partition coefficient (Wildman–Crippen LogP) is 4.56. The Balaban J connectivity index is 1.45. The van der Waals surface area contributed by atoms with Crippen LogP contribution in [-0.4, -0.2) is 29.9 Å². The van der Waals surface area contributed by atoms with Crippen molar-refractivity contribution in [1.29, 1.82) is 0 Å². The molecule has 4 aromatic rings. The maximum Gasteiger partial charge on any atom is 0.240 e. The van der Waals surface area contributed by atoms with Crippen LogP contribution in [0.5, 0.6) is 0 Å². The van der Waals surface area contributed by atoms with Crippen molar-refractivity contribution in [2.75, 3.05) is 17.2 Å². The van der Waals surface area contributed by atoms with Crippen LogP contribution in [-0.2, 0) is 16.6 Å². The van der Waals surface area contributed by atoms with E-state index in [2.05, 4.69) is 30.3 Å². The summed E-state index contributed by atoms with van der Waals surface area (Å²) in [6, 6.07) is 17.7. The van der Waals surface area contributed by atoms with Crippen molar-refractivity contribution >= 4 is 38.1 Å². The first-order valence-electron chi connectivity index (χ1n) is 10.4. The zero-order valence-electron chi connectivity index (χ0n) is 18.2. The largest absolute Gasteiger partial charge is 0.362 e. The molecule has 0 spiro atoms. The van der Waals surface area contributed by atoms with Crippen LogP contribution in [0.2, 0.25) is 0 Å². The van der Waals surface area contributed by atoms with Crippen LogP contribution in [0, 0.1) is 6.92 Å². The molecule has 0 radical (unpaired) electrons. The number of anilines is 3. The number of thiazole rings is 1. The van der Waals surface area contributed by atoms with Gasteiger partial charge in [0.1, 0.15) is 0 Å². The van der Waals surface area contributed by atoms with E-state index in [1.807, 2.05) is 50.2 Å². The van der Waals surface area contributed by atoms with Crippen molar-refractivity contribution in [2.24, 2.45) is 0 Å². The van der Waals surface area contributed by atoms with Crippen LogP contribution in [0.4, 0.5) is 16.8 Å². The third-order valence-electron chi connectivity index (χ3n) is 4.74. The van der Waals surface area contributed by atoms with Gasteiger partial charge in [0.15, 0.2) is 5.13 Å². The van der Waals surface area contributed by atoms with Gasteiger partial charge in [0.2, 0.25) is 16.0 Å². The molecule has 2 aromatic carbocycles. The zero-order valence-corrected chi connectivity index (χ0v) is 19.9. The van der Waals surface area contributed by atoms with Gasteiger partial charge in [0.05, 0.1) is 21.2 Å². The summed E-state index contributed by atoms with van der Waals surface area (Å²) in [6.45, 7) is 5.01. The Labute approximate surface area is 197 Å². The summed E-state index contributed by atoms with van der Waals surface area (Å²) in [4.78, 5) is 14.6. The highest BCUT2D eigenvalue weighted by Crippen LogP contribution is 2.32. The van der Waals surface area contributed by atoms with Crippen molar-refractivity contribution in [3.05, 3.63) is 78.1 Å². The maximum absolute atomic E-state index is 12.6. The summed E-state index contributed by atoms with van der Waals surface area (Å²) >= 11 is 1.55. The van der Waals surface area contributed by atoms with Gasteiger partial charge in [-0.3, -0.25) is 0 Å². The molecule has 170 valence electrons. The third kappa shape index (κ3) is 5.72. The Morgan fingerprint density at radius 1 is 0.970 bits per heavy atom. The number of sulfonamides is 1. The molecule has 2 heterocycles. The Bertz CT molecular complexity index is 1320. The summed E-state index contributed by atoms with van der Waals surface area (Å²) in [5.74, 6) is 0.420. The molecule has 3 N–H and O–H groups in total. The summed E-state index contributed by atoms with van der Waals surface area (Å²) in [5.41, 5.74) is 3.25. The van der Waals surface area contributed by atoms with E-state index in [4.69, 9.17) is 0 Å².